The minimum absolute atomic E-state index is 0.335. The summed E-state index contributed by atoms with van der Waals surface area (Å²) < 4.78 is 5.70. The number of aryl methyl sites for hydroxylation is 1. The molecule has 2 unspecified atom stereocenters. The maximum atomic E-state index is 5.70. The van der Waals surface area contributed by atoms with Crippen LogP contribution in [-0.4, -0.2) is 37.1 Å². The van der Waals surface area contributed by atoms with Gasteiger partial charge in [0.15, 0.2) is 0 Å². The number of amidine groups is 1. The highest BCUT2D eigenvalue weighted by atomic mass is 16.5. The maximum Gasteiger partial charge on any atom is 0.237 e. The Morgan fingerprint density at radius 1 is 1.20 bits per heavy atom. The number of piperidine rings is 1. The number of fused-ring (bicyclic) bond motifs is 2. The van der Waals surface area contributed by atoms with Crippen LogP contribution in [0.4, 0.5) is 17.1 Å². The smallest absolute Gasteiger partial charge is 0.237 e. The van der Waals surface area contributed by atoms with Crippen LogP contribution in [0.25, 0.3) is 0 Å². The lowest BCUT2D eigenvalue weighted by Gasteiger charge is -2.41. The first-order valence-electron chi connectivity index (χ1n) is 10.8. The molecule has 4 heterocycles. The molecule has 156 valence electrons. The van der Waals surface area contributed by atoms with E-state index in [1.165, 1.54) is 22.4 Å². The van der Waals surface area contributed by atoms with Gasteiger partial charge in [0.05, 0.1) is 11.9 Å². The Hall–Kier alpha value is -3.02. The maximum absolute atomic E-state index is 5.70. The number of hydrogen-bond donors (Lipinski definition) is 2. The van der Waals surface area contributed by atoms with Gasteiger partial charge in [0.25, 0.3) is 0 Å². The van der Waals surface area contributed by atoms with Gasteiger partial charge in [0.1, 0.15) is 18.1 Å². The fourth-order valence-electron chi connectivity index (χ4n) is 4.68. The van der Waals surface area contributed by atoms with Gasteiger partial charge < -0.3 is 20.3 Å². The summed E-state index contributed by atoms with van der Waals surface area (Å²) in [7, 11) is 0. The van der Waals surface area contributed by atoms with Crippen molar-refractivity contribution >= 4 is 22.9 Å². The van der Waals surface area contributed by atoms with E-state index in [0.29, 0.717) is 18.4 Å². The molecule has 0 bridgehead atoms. The highest BCUT2D eigenvalue weighted by Gasteiger charge is 2.34. The SMILES string of the molecule is Cc1ccc(NC2=NC=C3CCN(c4cnc5c(c4C)NCCO5)CC3C2C)cc1. The minimum atomic E-state index is 0.335. The topological polar surface area (TPSA) is 61.8 Å². The van der Waals surface area contributed by atoms with Crippen LogP contribution in [0.3, 0.4) is 0 Å². The summed E-state index contributed by atoms with van der Waals surface area (Å²) in [6, 6.07) is 8.50. The first-order valence-corrected chi connectivity index (χ1v) is 10.8. The largest absolute Gasteiger partial charge is 0.474 e. The number of pyridine rings is 1. The van der Waals surface area contributed by atoms with Crippen molar-refractivity contribution < 1.29 is 4.74 Å². The molecule has 6 nitrogen and oxygen atoms in total. The highest BCUT2D eigenvalue weighted by molar-refractivity contribution is 5.98. The summed E-state index contributed by atoms with van der Waals surface area (Å²) in [4.78, 5) is 11.8. The molecule has 1 saturated heterocycles. The fourth-order valence-corrected chi connectivity index (χ4v) is 4.68. The summed E-state index contributed by atoms with van der Waals surface area (Å²) >= 11 is 0. The number of benzene rings is 1. The Morgan fingerprint density at radius 2 is 2.03 bits per heavy atom. The summed E-state index contributed by atoms with van der Waals surface area (Å²) in [6.45, 7) is 10.0. The molecule has 0 radical (unpaired) electrons. The molecule has 0 saturated carbocycles. The first kappa shape index (κ1) is 19.0. The molecule has 1 fully saturated rings. The zero-order chi connectivity index (χ0) is 20.7. The van der Waals surface area contributed by atoms with E-state index in [1.807, 2.05) is 6.20 Å². The van der Waals surface area contributed by atoms with Gasteiger partial charge in [0, 0.05) is 48.9 Å². The van der Waals surface area contributed by atoms with Crippen LogP contribution in [0, 0.1) is 25.7 Å². The van der Waals surface area contributed by atoms with E-state index in [2.05, 4.69) is 71.8 Å². The second kappa shape index (κ2) is 7.67. The second-order valence-corrected chi connectivity index (χ2v) is 8.52. The standard InChI is InChI=1S/C24H29N5O/c1-15-4-6-19(7-5-15)28-23-16(2)20-14-29(10-8-18(20)12-26-23)21-13-27-24-22(17(21)3)25-9-11-30-24/h4-7,12-13,16,20,25H,8-11,14H2,1-3H3,(H,26,28). The van der Waals surface area contributed by atoms with Crippen LogP contribution in [0.2, 0.25) is 0 Å². The molecule has 3 aliphatic rings. The highest BCUT2D eigenvalue weighted by Crippen LogP contribution is 2.39. The van der Waals surface area contributed by atoms with Crippen molar-refractivity contribution in [1.82, 2.24) is 4.98 Å². The van der Waals surface area contributed by atoms with E-state index >= 15 is 0 Å². The van der Waals surface area contributed by atoms with Crippen LogP contribution in [0.15, 0.2) is 47.2 Å². The summed E-state index contributed by atoms with van der Waals surface area (Å²) in [5.41, 5.74) is 7.28. The lowest BCUT2D eigenvalue weighted by atomic mass is 9.80. The molecule has 1 aromatic carbocycles. The van der Waals surface area contributed by atoms with Gasteiger partial charge in [0.2, 0.25) is 5.88 Å². The van der Waals surface area contributed by atoms with Gasteiger partial charge in [-0.15, -0.1) is 0 Å². The lowest BCUT2D eigenvalue weighted by molar-refractivity contribution is 0.310. The van der Waals surface area contributed by atoms with Gasteiger partial charge in [-0.3, -0.25) is 0 Å². The Balaban J connectivity index is 1.36. The molecule has 0 aliphatic carbocycles. The number of hydrogen-bond acceptors (Lipinski definition) is 6. The summed E-state index contributed by atoms with van der Waals surface area (Å²) in [5.74, 6) is 2.55. The summed E-state index contributed by atoms with van der Waals surface area (Å²) in [6.07, 6.45) is 5.10. The normalized spacial score (nSPS) is 22.7. The van der Waals surface area contributed by atoms with E-state index in [1.54, 1.807) is 0 Å². The van der Waals surface area contributed by atoms with Crippen molar-refractivity contribution in [3.05, 3.63) is 53.4 Å². The van der Waals surface area contributed by atoms with Gasteiger partial charge in [-0.2, -0.15) is 0 Å². The van der Waals surface area contributed by atoms with Gasteiger partial charge in [-0.05, 0) is 38.0 Å². The van der Waals surface area contributed by atoms with E-state index in [9.17, 15) is 0 Å². The number of nitrogens with one attached hydrogen (secondary N) is 2. The third-order valence-corrected chi connectivity index (χ3v) is 6.55. The molecule has 0 spiro atoms. The van der Waals surface area contributed by atoms with Gasteiger partial charge >= 0.3 is 0 Å². The minimum Gasteiger partial charge on any atom is -0.474 e. The zero-order valence-corrected chi connectivity index (χ0v) is 17.9. The molecular weight excluding hydrogens is 374 g/mol. The predicted molar refractivity (Wildman–Crippen MR) is 123 cm³/mol. The second-order valence-electron chi connectivity index (χ2n) is 8.52. The van der Waals surface area contributed by atoms with E-state index in [0.717, 1.165) is 49.1 Å². The molecule has 5 rings (SSSR count). The van der Waals surface area contributed by atoms with Crippen molar-refractivity contribution in [2.45, 2.75) is 27.2 Å². The van der Waals surface area contributed by atoms with Crippen LogP contribution in [0.1, 0.15) is 24.5 Å². The third-order valence-electron chi connectivity index (χ3n) is 6.55. The van der Waals surface area contributed by atoms with Crippen molar-refractivity contribution in [1.29, 1.82) is 0 Å². The van der Waals surface area contributed by atoms with Crippen molar-refractivity contribution in [2.24, 2.45) is 16.8 Å². The first-order chi connectivity index (χ1) is 14.6. The van der Waals surface area contributed by atoms with Gasteiger partial charge in [-0.1, -0.05) is 24.6 Å². The van der Waals surface area contributed by atoms with E-state index in [-0.39, 0.29) is 0 Å². The van der Waals surface area contributed by atoms with Crippen LogP contribution in [0.5, 0.6) is 5.88 Å². The van der Waals surface area contributed by atoms with E-state index < -0.39 is 0 Å². The quantitative estimate of drug-likeness (QED) is 0.780. The molecule has 2 N–H and O–H groups in total. The molecule has 2 aromatic rings. The Kier molecular flexibility index (Phi) is 4.85. The van der Waals surface area contributed by atoms with Crippen molar-refractivity contribution in [3.63, 3.8) is 0 Å². The van der Waals surface area contributed by atoms with Crippen molar-refractivity contribution in [3.8, 4) is 5.88 Å². The number of aliphatic imine (C=N–C) groups is 1. The average molecular weight is 404 g/mol. The Labute approximate surface area is 178 Å². The fraction of sp³-hybridized carbons (Fsp3) is 0.417. The predicted octanol–water partition coefficient (Wildman–Crippen LogP) is 4.37. The van der Waals surface area contributed by atoms with Crippen LogP contribution >= 0.6 is 0 Å². The monoisotopic (exact) mass is 403 g/mol. The number of ether oxygens (including phenoxy) is 1. The zero-order valence-electron chi connectivity index (χ0n) is 17.9. The third kappa shape index (κ3) is 3.40. The number of anilines is 3. The molecule has 30 heavy (non-hydrogen) atoms. The average Bonchev–Trinajstić information content (AvgIpc) is 2.77. The number of nitrogens with zero attached hydrogens (tertiary/aromatic N) is 3. The molecule has 2 atom stereocenters. The molecule has 0 amide bonds. The number of aromatic nitrogens is 1. The van der Waals surface area contributed by atoms with Gasteiger partial charge in [-0.25, -0.2) is 9.98 Å². The Morgan fingerprint density at radius 3 is 2.87 bits per heavy atom. The van der Waals surface area contributed by atoms with Crippen LogP contribution < -0.4 is 20.3 Å². The Bertz CT molecular complexity index is 1010. The summed E-state index contributed by atoms with van der Waals surface area (Å²) in [5, 5.41) is 7.00. The lowest BCUT2D eigenvalue weighted by Crippen LogP contribution is -2.44. The number of rotatable bonds is 2. The van der Waals surface area contributed by atoms with Crippen LogP contribution in [-0.2, 0) is 0 Å². The molecular formula is C24H29N5O. The molecule has 6 heteroatoms. The molecule has 3 aliphatic heterocycles. The molecule has 1 aromatic heterocycles. The van der Waals surface area contributed by atoms with Crippen molar-refractivity contribution in [2.75, 3.05) is 41.8 Å². The van der Waals surface area contributed by atoms with E-state index in [4.69, 9.17) is 9.73 Å².